The van der Waals surface area contributed by atoms with E-state index in [1.54, 1.807) is 50.1 Å². The zero-order chi connectivity index (χ0) is 26.2. The fourth-order valence-corrected chi connectivity index (χ4v) is 4.79. The second-order valence-electron chi connectivity index (χ2n) is 8.87. The first-order valence-electron chi connectivity index (χ1n) is 11.0. The summed E-state index contributed by atoms with van der Waals surface area (Å²) in [6.45, 7) is 0.369. The molecule has 0 aromatic heterocycles. The highest BCUT2D eigenvalue weighted by Crippen LogP contribution is 2.48. The van der Waals surface area contributed by atoms with E-state index in [1.807, 2.05) is 0 Å². The van der Waals surface area contributed by atoms with E-state index < -0.39 is 45.5 Å². The van der Waals surface area contributed by atoms with E-state index in [0.717, 1.165) is 17.7 Å². The molecule has 0 saturated carbocycles. The van der Waals surface area contributed by atoms with Crippen LogP contribution >= 0.6 is 10.0 Å². The molecule has 0 saturated heterocycles. The topological polar surface area (TPSA) is 105 Å². The minimum Gasteiger partial charge on any atom is -0.481 e. The van der Waals surface area contributed by atoms with Gasteiger partial charge in [-0.1, -0.05) is 24.3 Å². The summed E-state index contributed by atoms with van der Waals surface area (Å²) in [5.41, 5.74) is 1.27. The molecule has 0 heterocycles. The van der Waals surface area contributed by atoms with Crippen molar-refractivity contribution in [2.24, 2.45) is 0 Å². The molecule has 0 unspecified atom stereocenters. The first kappa shape index (κ1) is 28.3. The predicted molar refractivity (Wildman–Crippen MR) is 133 cm³/mol. The second-order valence-corrected chi connectivity index (χ2v) is 13.0. The number of anilines is 1. The smallest absolute Gasteiger partial charge is 0.303 e. The number of carbonyl (C=O) groups excluding carboxylic acids is 2. The lowest BCUT2D eigenvalue weighted by Gasteiger charge is -2.27. The van der Waals surface area contributed by atoms with Gasteiger partial charge in [0.2, 0.25) is 5.91 Å². The molecule has 2 amide bonds. The average molecular weight is 511 g/mol. The minimum atomic E-state index is -1.68. The lowest BCUT2D eigenvalue weighted by Crippen LogP contribution is -2.37. The Balaban J connectivity index is 2.24. The summed E-state index contributed by atoms with van der Waals surface area (Å²) >= 11 is 0. The van der Waals surface area contributed by atoms with Gasteiger partial charge in [-0.3, -0.25) is 14.4 Å². The Morgan fingerprint density at radius 2 is 1.57 bits per heavy atom. The fourth-order valence-electron chi connectivity index (χ4n) is 3.50. The normalized spacial score (nSPS) is 12.6. The molecule has 2 rings (SSSR count). The van der Waals surface area contributed by atoms with E-state index in [1.165, 1.54) is 0 Å². The van der Waals surface area contributed by atoms with Crippen LogP contribution in [0.15, 0.2) is 41.3 Å². The minimum absolute atomic E-state index is 0.00422. The third kappa shape index (κ3) is 8.63. The number of unbranched alkanes of at least 4 members (excludes halogenated alkanes) is 1. The molecule has 0 aliphatic heterocycles. The van der Waals surface area contributed by atoms with Gasteiger partial charge in [-0.25, -0.2) is 18.8 Å². The lowest BCUT2D eigenvalue weighted by molar-refractivity contribution is -0.137. The Labute approximate surface area is 205 Å². The van der Waals surface area contributed by atoms with Crippen LogP contribution in [0, 0.1) is 11.6 Å². The number of hydrogen-bond acceptors (Lipinski definition) is 4. The Morgan fingerprint density at radius 3 is 2.09 bits per heavy atom. The maximum Gasteiger partial charge on any atom is 0.303 e. The maximum absolute atomic E-state index is 14.6. The number of aliphatic carboxylic acids is 1. The third-order valence-electron chi connectivity index (χ3n) is 5.11. The molecule has 7 nitrogen and oxygen atoms in total. The number of carbonyl (C=O) groups is 3. The summed E-state index contributed by atoms with van der Waals surface area (Å²) in [4.78, 5) is 36.2. The van der Waals surface area contributed by atoms with Crippen LogP contribution in [-0.2, 0) is 25.7 Å². The van der Waals surface area contributed by atoms with Gasteiger partial charge in [0.15, 0.2) is 0 Å². The first-order valence-corrected chi connectivity index (χ1v) is 13.9. The third-order valence-corrected chi connectivity index (χ3v) is 6.73. The quantitative estimate of drug-likeness (QED) is 0.362. The Hall–Kier alpha value is -2.98. The van der Waals surface area contributed by atoms with Crippen molar-refractivity contribution in [3.63, 3.8) is 0 Å². The number of nitrogens with one attached hydrogen (secondary N) is 2. The van der Waals surface area contributed by atoms with Crippen molar-refractivity contribution in [2.75, 3.05) is 31.2 Å². The molecule has 10 heteroatoms. The SMILES string of the molecule is COCc1ccc([C@@H](NC(=O)CCCCC(=O)O)C(=O)Nc2cc(F)c(S(C)(C)C)c(F)c2)cc1. The van der Waals surface area contributed by atoms with Crippen molar-refractivity contribution >= 4 is 33.5 Å². The monoisotopic (exact) mass is 510 g/mol. The van der Waals surface area contributed by atoms with Gasteiger partial charge in [0, 0.05) is 25.6 Å². The number of amides is 2. The zero-order valence-electron chi connectivity index (χ0n) is 20.3. The summed E-state index contributed by atoms with van der Waals surface area (Å²) in [6.07, 6.45) is 5.94. The zero-order valence-corrected chi connectivity index (χ0v) is 21.1. The van der Waals surface area contributed by atoms with Gasteiger partial charge in [-0.05, 0) is 54.9 Å². The largest absolute Gasteiger partial charge is 0.481 e. The number of halogens is 2. The summed E-state index contributed by atoms with van der Waals surface area (Å²) in [5.74, 6) is -3.55. The molecule has 0 spiro atoms. The van der Waals surface area contributed by atoms with Gasteiger partial charge < -0.3 is 20.5 Å². The molecule has 0 aliphatic carbocycles. The Bertz CT molecular complexity index is 1030. The fraction of sp³-hybridized carbons (Fsp3) is 0.400. The van der Waals surface area contributed by atoms with Crippen molar-refractivity contribution in [3.05, 3.63) is 59.2 Å². The standard InChI is InChI=1S/C25H32F2N2O5S/c1-34-15-16-9-11-17(12-10-16)23(29-21(30)7-5-6-8-22(31)32)25(33)28-18-13-19(26)24(20(27)14-18)35(2,3)4/h9-14,23H,5-8,15H2,1-4H3,(H,28,33)(H,29,30)(H,31,32)/t23-/m1/s1. The highest BCUT2D eigenvalue weighted by Gasteiger charge is 2.25. The number of carboxylic acid groups (broad SMARTS) is 1. The van der Waals surface area contributed by atoms with Crippen LogP contribution in [0.2, 0.25) is 0 Å². The Morgan fingerprint density at radius 1 is 1.00 bits per heavy atom. The van der Waals surface area contributed by atoms with E-state index in [2.05, 4.69) is 10.6 Å². The van der Waals surface area contributed by atoms with Gasteiger partial charge in [0.25, 0.3) is 5.91 Å². The number of ether oxygens (including phenoxy) is 1. The number of benzene rings is 2. The van der Waals surface area contributed by atoms with E-state index >= 15 is 0 Å². The van der Waals surface area contributed by atoms with Gasteiger partial charge in [0.1, 0.15) is 17.7 Å². The van der Waals surface area contributed by atoms with Crippen molar-refractivity contribution in [1.29, 1.82) is 0 Å². The molecule has 0 fully saturated rings. The van der Waals surface area contributed by atoms with E-state index in [-0.39, 0.29) is 23.4 Å². The van der Waals surface area contributed by atoms with Crippen molar-refractivity contribution < 1.29 is 33.0 Å². The highest BCUT2D eigenvalue weighted by atomic mass is 32.3. The summed E-state index contributed by atoms with van der Waals surface area (Å²) in [5, 5.41) is 13.9. The number of carboxylic acids is 1. The number of hydrogen-bond donors (Lipinski definition) is 3. The Kier molecular flexibility index (Phi) is 10.2. The van der Waals surface area contributed by atoms with Gasteiger partial charge in [-0.2, -0.15) is 0 Å². The summed E-state index contributed by atoms with van der Waals surface area (Å²) in [6, 6.07) is 7.84. The van der Waals surface area contributed by atoms with Crippen molar-refractivity contribution in [1.82, 2.24) is 5.32 Å². The van der Waals surface area contributed by atoms with Crippen LogP contribution in [0.25, 0.3) is 0 Å². The molecule has 0 aliphatic rings. The molecule has 35 heavy (non-hydrogen) atoms. The lowest BCUT2D eigenvalue weighted by atomic mass is 10.0. The number of methoxy groups -OCH3 is 1. The van der Waals surface area contributed by atoms with Gasteiger partial charge in [-0.15, -0.1) is 0 Å². The predicted octanol–water partition coefficient (Wildman–Crippen LogP) is 4.61. The molecular weight excluding hydrogens is 478 g/mol. The average Bonchev–Trinajstić information content (AvgIpc) is 2.74. The van der Waals surface area contributed by atoms with Crippen LogP contribution in [0.3, 0.4) is 0 Å². The van der Waals surface area contributed by atoms with Crippen LogP contribution in [0.4, 0.5) is 14.5 Å². The molecule has 3 N–H and O–H groups in total. The molecular formula is C25H32F2N2O5S. The van der Waals surface area contributed by atoms with Crippen molar-refractivity contribution in [2.45, 2.75) is 43.2 Å². The molecule has 1 atom stereocenters. The molecule has 2 aromatic carbocycles. The van der Waals surface area contributed by atoms with Crippen LogP contribution in [-0.4, -0.2) is 48.8 Å². The molecule has 192 valence electrons. The maximum atomic E-state index is 14.6. The summed E-state index contributed by atoms with van der Waals surface area (Å²) in [7, 11) is -0.122. The van der Waals surface area contributed by atoms with Gasteiger partial charge >= 0.3 is 5.97 Å². The molecule has 2 aromatic rings. The first-order chi connectivity index (χ1) is 16.4. The molecule has 0 radical (unpaired) electrons. The van der Waals surface area contributed by atoms with E-state index in [0.29, 0.717) is 25.0 Å². The summed E-state index contributed by atoms with van der Waals surface area (Å²) < 4.78 is 34.4. The van der Waals surface area contributed by atoms with Crippen LogP contribution in [0.1, 0.15) is 42.9 Å². The van der Waals surface area contributed by atoms with Crippen LogP contribution < -0.4 is 10.6 Å². The highest BCUT2D eigenvalue weighted by molar-refractivity contribution is 8.32. The second kappa shape index (κ2) is 12.6. The molecule has 0 bridgehead atoms. The van der Waals surface area contributed by atoms with Gasteiger partial charge in [0.05, 0.1) is 11.5 Å². The van der Waals surface area contributed by atoms with E-state index in [9.17, 15) is 23.2 Å². The van der Waals surface area contributed by atoms with Crippen molar-refractivity contribution in [3.8, 4) is 0 Å². The van der Waals surface area contributed by atoms with E-state index in [4.69, 9.17) is 9.84 Å². The number of rotatable bonds is 12. The van der Waals surface area contributed by atoms with Crippen LogP contribution in [0.5, 0.6) is 0 Å².